The number of halogens is 3. The van der Waals surface area contributed by atoms with E-state index in [1.165, 1.54) is 18.3 Å². The largest absolute Gasteiger partial charge is 0.294 e. The Morgan fingerprint density at radius 2 is 1.94 bits per heavy atom. The molecule has 92 valence electrons. The first-order chi connectivity index (χ1) is 8.56. The van der Waals surface area contributed by atoms with Crippen LogP contribution < -0.4 is 0 Å². The Bertz CT molecular complexity index is 601. The summed E-state index contributed by atoms with van der Waals surface area (Å²) in [5.41, 5.74) is 0.655. The molecule has 0 spiro atoms. The van der Waals surface area contributed by atoms with Gasteiger partial charge in [0.05, 0.1) is 6.20 Å². The third kappa shape index (κ3) is 2.90. The summed E-state index contributed by atoms with van der Waals surface area (Å²) in [6, 6.07) is 4.89. The van der Waals surface area contributed by atoms with Crippen LogP contribution in [0.4, 0.5) is 8.78 Å². The number of pyridine rings is 1. The van der Waals surface area contributed by atoms with E-state index in [0.717, 1.165) is 18.3 Å². The first-order valence-corrected chi connectivity index (χ1v) is 5.52. The molecular weight excluding hydrogens is 260 g/mol. The summed E-state index contributed by atoms with van der Waals surface area (Å²) in [4.78, 5) is 15.4. The van der Waals surface area contributed by atoms with Crippen molar-refractivity contribution in [3.8, 4) is 0 Å². The number of hydrogen-bond acceptors (Lipinski definition) is 2. The fourth-order valence-corrected chi connectivity index (χ4v) is 1.74. The summed E-state index contributed by atoms with van der Waals surface area (Å²) in [6.45, 7) is 0. The van der Waals surface area contributed by atoms with Gasteiger partial charge in [-0.2, -0.15) is 0 Å². The smallest absolute Gasteiger partial charge is 0.168 e. The van der Waals surface area contributed by atoms with Gasteiger partial charge in [-0.05, 0) is 23.8 Å². The second-order valence-electron chi connectivity index (χ2n) is 3.73. The average molecular weight is 268 g/mol. The number of carbonyl (C=O) groups excluding carboxylic acids is 1. The minimum absolute atomic E-state index is 0.0236. The van der Waals surface area contributed by atoms with Crippen LogP contribution in [0.5, 0.6) is 0 Å². The molecule has 0 saturated heterocycles. The zero-order valence-corrected chi connectivity index (χ0v) is 9.92. The normalized spacial score (nSPS) is 10.4. The molecule has 18 heavy (non-hydrogen) atoms. The minimum Gasteiger partial charge on any atom is -0.294 e. The van der Waals surface area contributed by atoms with Crippen molar-refractivity contribution < 1.29 is 13.6 Å². The highest BCUT2D eigenvalue weighted by Crippen LogP contribution is 2.19. The van der Waals surface area contributed by atoms with Gasteiger partial charge in [-0.1, -0.05) is 17.7 Å². The molecule has 0 N–H and O–H groups in total. The van der Waals surface area contributed by atoms with Crippen LogP contribution >= 0.6 is 11.6 Å². The van der Waals surface area contributed by atoms with Crippen molar-refractivity contribution in [2.75, 3.05) is 0 Å². The van der Waals surface area contributed by atoms with Crippen molar-refractivity contribution in [1.29, 1.82) is 0 Å². The maximum atomic E-state index is 12.9. The Kier molecular flexibility index (Phi) is 3.67. The fourth-order valence-electron chi connectivity index (χ4n) is 1.50. The van der Waals surface area contributed by atoms with E-state index in [-0.39, 0.29) is 22.8 Å². The maximum Gasteiger partial charge on any atom is 0.168 e. The molecule has 2 nitrogen and oxygen atoms in total. The Hall–Kier alpha value is -1.81. The molecule has 0 unspecified atom stereocenters. The van der Waals surface area contributed by atoms with Gasteiger partial charge in [-0.15, -0.1) is 0 Å². The number of rotatable bonds is 3. The van der Waals surface area contributed by atoms with Crippen LogP contribution in [0.25, 0.3) is 0 Å². The summed E-state index contributed by atoms with van der Waals surface area (Å²) >= 11 is 5.81. The lowest BCUT2D eigenvalue weighted by atomic mass is 10.0. The van der Waals surface area contributed by atoms with Gasteiger partial charge in [0.15, 0.2) is 5.78 Å². The van der Waals surface area contributed by atoms with Crippen LogP contribution in [0.1, 0.15) is 15.9 Å². The van der Waals surface area contributed by atoms with Crippen molar-refractivity contribution in [1.82, 2.24) is 4.98 Å². The number of benzene rings is 1. The molecule has 1 aromatic heterocycles. The zero-order valence-electron chi connectivity index (χ0n) is 9.16. The number of Topliss-reactive ketones (excluding diaryl/α,β-unsaturated/α-hetero) is 1. The Labute approximate surface area is 107 Å². The highest BCUT2D eigenvalue weighted by molar-refractivity contribution is 6.31. The molecule has 1 heterocycles. The molecule has 0 atom stereocenters. The van der Waals surface area contributed by atoms with E-state index in [9.17, 15) is 13.6 Å². The number of nitrogens with zero attached hydrogens (tertiary/aromatic N) is 1. The van der Waals surface area contributed by atoms with Gasteiger partial charge in [-0.3, -0.25) is 9.78 Å². The lowest BCUT2D eigenvalue weighted by Crippen LogP contribution is -2.05. The lowest BCUT2D eigenvalue weighted by Gasteiger charge is -2.04. The molecular formula is C13H8ClF2NO. The van der Waals surface area contributed by atoms with E-state index in [4.69, 9.17) is 11.6 Å². The highest BCUT2D eigenvalue weighted by Gasteiger charge is 2.11. The van der Waals surface area contributed by atoms with E-state index in [1.54, 1.807) is 0 Å². The van der Waals surface area contributed by atoms with Gasteiger partial charge in [-0.25, -0.2) is 8.78 Å². The molecule has 0 aliphatic heterocycles. The van der Waals surface area contributed by atoms with Gasteiger partial charge >= 0.3 is 0 Å². The Morgan fingerprint density at radius 1 is 1.17 bits per heavy atom. The second-order valence-corrected chi connectivity index (χ2v) is 4.13. The van der Waals surface area contributed by atoms with Crippen LogP contribution in [0.3, 0.4) is 0 Å². The SMILES string of the molecule is O=C(Cc1ccc(F)cc1Cl)c1cncc(F)c1. The number of aromatic nitrogens is 1. The van der Waals surface area contributed by atoms with Crippen molar-refractivity contribution in [3.05, 3.63) is 64.4 Å². The van der Waals surface area contributed by atoms with Crippen molar-refractivity contribution in [2.45, 2.75) is 6.42 Å². The average Bonchev–Trinajstić information content (AvgIpc) is 2.32. The van der Waals surface area contributed by atoms with E-state index >= 15 is 0 Å². The fraction of sp³-hybridized carbons (Fsp3) is 0.0769. The van der Waals surface area contributed by atoms with E-state index in [1.807, 2.05) is 0 Å². The monoisotopic (exact) mass is 267 g/mol. The van der Waals surface area contributed by atoms with Crippen molar-refractivity contribution in [3.63, 3.8) is 0 Å². The quantitative estimate of drug-likeness (QED) is 0.798. The van der Waals surface area contributed by atoms with Gasteiger partial charge in [0.1, 0.15) is 11.6 Å². The molecule has 1 aromatic carbocycles. The molecule has 0 bridgehead atoms. The van der Waals surface area contributed by atoms with Crippen LogP contribution in [0, 0.1) is 11.6 Å². The molecule has 2 rings (SSSR count). The zero-order chi connectivity index (χ0) is 13.1. The second kappa shape index (κ2) is 5.23. The lowest BCUT2D eigenvalue weighted by molar-refractivity contribution is 0.0992. The summed E-state index contributed by atoms with van der Waals surface area (Å²) in [5, 5.41) is 0.174. The van der Waals surface area contributed by atoms with Crippen molar-refractivity contribution in [2.24, 2.45) is 0 Å². The molecule has 0 fully saturated rings. The molecule has 2 aromatic rings. The molecule has 0 aliphatic rings. The Balaban J connectivity index is 2.21. The van der Waals surface area contributed by atoms with E-state index in [0.29, 0.717) is 5.56 Å². The third-order valence-corrected chi connectivity index (χ3v) is 2.74. The Morgan fingerprint density at radius 3 is 2.61 bits per heavy atom. The van der Waals surface area contributed by atoms with Crippen LogP contribution in [-0.2, 0) is 6.42 Å². The van der Waals surface area contributed by atoms with Gasteiger partial charge in [0.2, 0.25) is 0 Å². The first-order valence-electron chi connectivity index (χ1n) is 5.14. The van der Waals surface area contributed by atoms with Crippen molar-refractivity contribution >= 4 is 17.4 Å². The van der Waals surface area contributed by atoms with Crippen LogP contribution in [-0.4, -0.2) is 10.8 Å². The van der Waals surface area contributed by atoms with E-state index in [2.05, 4.69) is 4.98 Å². The topological polar surface area (TPSA) is 30.0 Å². The highest BCUT2D eigenvalue weighted by atomic mass is 35.5. The van der Waals surface area contributed by atoms with Crippen LogP contribution in [0.15, 0.2) is 36.7 Å². The minimum atomic E-state index is -0.578. The summed E-state index contributed by atoms with van der Waals surface area (Å²) in [7, 11) is 0. The molecule has 0 aliphatic carbocycles. The van der Waals surface area contributed by atoms with Gasteiger partial charge in [0, 0.05) is 23.2 Å². The summed E-state index contributed by atoms with van der Waals surface area (Å²) in [5.74, 6) is -1.37. The molecule has 0 radical (unpaired) electrons. The standard InChI is InChI=1S/C13H8ClF2NO/c14-12-5-10(15)2-1-8(12)4-13(18)9-3-11(16)7-17-6-9/h1-3,5-7H,4H2. The number of hydrogen-bond donors (Lipinski definition) is 0. The summed E-state index contributed by atoms with van der Waals surface area (Å²) < 4.78 is 25.7. The molecule has 5 heteroatoms. The number of ketones is 1. The molecule has 0 amide bonds. The first kappa shape index (κ1) is 12.6. The predicted octanol–water partition coefficient (Wildman–Crippen LogP) is 3.44. The maximum absolute atomic E-state index is 12.9. The number of carbonyl (C=O) groups is 1. The molecule has 0 saturated carbocycles. The van der Waals surface area contributed by atoms with E-state index < -0.39 is 11.6 Å². The third-order valence-electron chi connectivity index (χ3n) is 2.39. The van der Waals surface area contributed by atoms with Gasteiger partial charge in [0.25, 0.3) is 0 Å². The predicted molar refractivity (Wildman–Crippen MR) is 63.6 cm³/mol. The summed E-state index contributed by atoms with van der Waals surface area (Å²) in [6.07, 6.45) is 2.27. The van der Waals surface area contributed by atoms with Crippen LogP contribution in [0.2, 0.25) is 5.02 Å². The van der Waals surface area contributed by atoms with Gasteiger partial charge < -0.3 is 0 Å².